The normalized spacial score (nSPS) is 21.2. The first-order chi connectivity index (χ1) is 8.65. The second-order valence-electron chi connectivity index (χ2n) is 5.49. The Kier molecular flexibility index (Phi) is 4.90. The zero-order valence-electron chi connectivity index (χ0n) is 11.2. The molecule has 1 aromatic carbocycles. The van der Waals surface area contributed by atoms with Gasteiger partial charge in [-0.2, -0.15) is 0 Å². The van der Waals surface area contributed by atoms with E-state index >= 15 is 0 Å². The fraction of sp³-hybridized carbons (Fsp3) is 0.600. The molecule has 1 unspecified atom stereocenters. The van der Waals surface area contributed by atoms with Gasteiger partial charge in [0.2, 0.25) is 0 Å². The number of benzene rings is 1. The van der Waals surface area contributed by atoms with Gasteiger partial charge in [-0.15, -0.1) is 0 Å². The molecule has 0 radical (unpaired) electrons. The Labute approximate surface area is 115 Å². The average Bonchev–Trinajstić information content (AvgIpc) is 2.84. The van der Waals surface area contributed by atoms with E-state index in [0.29, 0.717) is 17.9 Å². The van der Waals surface area contributed by atoms with Crippen molar-refractivity contribution in [2.75, 3.05) is 13.1 Å². The molecular weight excluding hydrogens is 246 g/mol. The number of hydrogen-bond acceptors (Lipinski definition) is 2. The minimum absolute atomic E-state index is 0.307. The highest BCUT2D eigenvalue weighted by atomic mass is 35.5. The molecule has 1 fully saturated rings. The van der Waals surface area contributed by atoms with Crippen LogP contribution >= 0.6 is 11.6 Å². The molecule has 1 N–H and O–H groups in total. The fourth-order valence-corrected chi connectivity index (χ4v) is 2.61. The standard InChI is InChI=1S/C15H22ClNO/c1-11(2)9-15(12-7-8-17-10-12)18-14-5-3-13(16)4-6-14/h3-6,11-12,15,17H,7-10H2,1-2H3/t12?,15-/m0/s1. The number of hydrogen-bond donors (Lipinski definition) is 1. The van der Waals surface area contributed by atoms with Crippen LogP contribution in [-0.4, -0.2) is 19.2 Å². The van der Waals surface area contributed by atoms with E-state index in [1.807, 2.05) is 24.3 Å². The number of rotatable bonds is 5. The Morgan fingerprint density at radius 2 is 2.06 bits per heavy atom. The SMILES string of the molecule is CC(C)C[C@H](Oc1ccc(Cl)cc1)C1CCNC1. The van der Waals surface area contributed by atoms with E-state index < -0.39 is 0 Å². The Balaban J connectivity index is 2.01. The lowest BCUT2D eigenvalue weighted by Gasteiger charge is -2.26. The highest BCUT2D eigenvalue weighted by Crippen LogP contribution is 2.25. The molecule has 2 rings (SSSR count). The van der Waals surface area contributed by atoms with Crippen LogP contribution in [0, 0.1) is 11.8 Å². The van der Waals surface area contributed by atoms with Gasteiger partial charge in [0.15, 0.2) is 0 Å². The molecule has 1 saturated heterocycles. The topological polar surface area (TPSA) is 21.3 Å². The summed E-state index contributed by atoms with van der Waals surface area (Å²) in [4.78, 5) is 0. The molecule has 0 spiro atoms. The van der Waals surface area contributed by atoms with Crippen LogP contribution in [0.3, 0.4) is 0 Å². The largest absolute Gasteiger partial charge is 0.490 e. The van der Waals surface area contributed by atoms with Gasteiger partial charge in [0.25, 0.3) is 0 Å². The van der Waals surface area contributed by atoms with Crippen LogP contribution in [0.25, 0.3) is 0 Å². The maximum absolute atomic E-state index is 6.17. The molecule has 2 atom stereocenters. The van der Waals surface area contributed by atoms with Crippen molar-refractivity contribution in [1.82, 2.24) is 5.32 Å². The van der Waals surface area contributed by atoms with Crippen molar-refractivity contribution in [3.05, 3.63) is 29.3 Å². The first-order valence-electron chi connectivity index (χ1n) is 6.78. The number of halogens is 1. The van der Waals surface area contributed by atoms with Crippen molar-refractivity contribution in [3.8, 4) is 5.75 Å². The molecule has 100 valence electrons. The van der Waals surface area contributed by atoms with Crippen LogP contribution in [0.15, 0.2) is 24.3 Å². The lowest BCUT2D eigenvalue weighted by atomic mass is 9.93. The predicted molar refractivity (Wildman–Crippen MR) is 76.3 cm³/mol. The first kappa shape index (κ1) is 13.7. The monoisotopic (exact) mass is 267 g/mol. The third-order valence-electron chi connectivity index (χ3n) is 3.43. The van der Waals surface area contributed by atoms with Crippen LogP contribution in [-0.2, 0) is 0 Å². The second kappa shape index (κ2) is 6.44. The summed E-state index contributed by atoms with van der Waals surface area (Å²) in [6, 6.07) is 7.68. The Morgan fingerprint density at radius 1 is 1.33 bits per heavy atom. The van der Waals surface area contributed by atoms with E-state index in [2.05, 4.69) is 19.2 Å². The molecule has 1 aliphatic heterocycles. The number of ether oxygens (including phenoxy) is 1. The Hall–Kier alpha value is -0.730. The second-order valence-corrected chi connectivity index (χ2v) is 5.93. The first-order valence-corrected chi connectivity index (χ1v) is 7.16. The van der Waals surface area contributed by atoms with Gasteiger partial charge >= 0.3 is 0 Å². The van der Waals surface area contributed by atoms with Crippen LogP contribution in [0.2, 0.25) is 5.02 Å². The van der Waals surface area contributed by atoms with Crippen molar-refractivity contribution in [2.24, 2.45) is 11.8 Å². The molecular formula is C15H22ClNO. The van der Waals surface area contributed by atoms with E-state index in [1.165, 1.54) is 6.42 Å². The van der Waals surface area contributed by atoms with Gasteiger partial charge < -0.3 is 10.1 Å². The van der Waals surface area contributed by atoms with Gasteiger partial charge in [-0.25, -0.2) is 0 Å². The minimum Gasteiger partial charge on any atom is -0.490 e. The molecule has 1 heterocycles. The highest BCUT2D eigenvalue weighted by Gasteiger charge is 2.27. The molecule has 1 aromatic rings. The van der Waals surface area contributed by atoms with E-state index in [1.54, 1.807) is 0 Å². The maximum Gasteiger partial charge on any atom is 0.119 e. The molecule has 0 aromatic heterocycles. The molecule has 0 aliphatic carbocycles. The van der Waals surface area contributed by atoms with Crippen molar-refractivity contribution < 1.29 is 4.74 Å². The molecule has 3 heteroatoms. The molecule has 0 amide bonds. The summed E-state index contributed by atoms with van der Waals surface area (Å²) in [5.41, 5.74) is 0. The summed E-state index contributed by atoms with van der Waals surface area (Å²) in [5.74, 6) is 2.21. The van der Waals surface area contributed by atoms with E-state index in [0.717, 1.165) is 30.3 Å². The molecule has 18 heavy (non-hydrogen) atoms. The van der Waals surface area contributed by atoms with E-state index in [4.69, 9.17) is 16.3 Å². The van der Waals surface area contributed by atoms with Crippen LogP contribution in [0.5, 0.6) is 5.75 Å². The summed E-state index contributed by atoms with van der Waals surface area (Å²) < 4.78 is 6.17. The van der Waals surface area contributed by atoms with Crippen LogP contribution < -0.4 is 10.1 Å². The minimum atomic E-state index is 0.307. The smallest absolute Gasteiger partial charge is 0.119 e. The van der Waals surface area contributed by atoms with Gasteiger partial charge in [0.05, 0.1) is 0 Å². The third-order valence-corrected chi connectivity index (χ3v) is 3.68. The van der Waals surface area contributed by atoms with Gasteiger partial charge in [-0.3, -0.25) is 0 Å². The van der Waals surface area contributed by atoms with Crippen molar-refractivity contribution in [2.45, 2.75) is 32.8 Å². The van der Waals surface area contributed by atoms with Crippen molar-refractivity contribution >= 4 is 11.6 Å². The molecule has 0 saturated carbocycles. The molecule has 0 bridgehead atoms. The predicted octanol–water partition coefficient (Wildman–Crippen LogP) is 3.74. The van der Waals surface area contributed by atoms with Crippen LogP contribution in [0.4, 0.5) is 0 Å². The summed E-state index contributed by atoms with van der Waals surface area (Å²) >= 11 is 5.89. The molecule has 1 aliphatic rings. The summed E-state index contributed by atoms with van der Waals surface area (Å²) in [7, 11) is 0. The Bertz CT molecular complexity index is 357. The molecule has 2 nitrogen and oxygen atoms in total. The van der Waals surface area contributed by atoms with Gasteiger partial charge in [0.1, 0.15) is 11.9 Å². The zero-order valence-corrected chi connectivity index (χ0v) is 11.9. The van der Waals surface area contributed by atoms with Gasteiger partial charge in [-0.1, -0.05) is 25.4 Å². The summed E-state index contributed by atoms with van der Waals surface area (Å²) in [5, 5.41) is 4.17. The lowest BCUT2D eigenvalue weighted by Crippen LogP contribution is -2.30. The van der Waals surface area contributed by atoms with Crippen molar-refractivity contribution in [3.63, 3.8) is 0 Å². The van der Waals surface area contributed by atoms with E-state index in [-0.39, 0.29) is 0 Å². The maximum atomic E-state index is 6.17. The zero-order chi connectivity index (χ0) is 13.0. The lowest BCUT2D eigenvalue weighted by molar-refractivity contribution is 0.119. The van der Waals surface area contributed by atoms with E-state index in [9.17, 15) is 0 Å². The summed E-state index contributed by atoms with van der Waals surface area (Å²) in [6.45, 7) is 6.69. The number of nitrogens with one attached hydrogen (secondary N) is 1. The summed E-state index contributed by atoms with van der Waals surface area (Å²) in [6.07, 6.45) is 2.63. The fourth-order valence-electron chi connectivity index (χ4n) is 2.48. The highest BCUT2D eigenvalue weighted by molar-refractivity contribution is 6.30. The van der Waals surface area contributed by atoms with Crippen LogP contribution in [0.1, 0.15) is 26.7 Å². The quantitative estimate of drug-likeness (QED) is 0.877. The third kappa shape index (κ3) is 3.89. The van der Waals surface area contributed by atoms with Gasteiger partial charge in [0, 0.05) is 17.5 Å². The Morgan fingerprint density at radius 3 is 2.61 bits per heavy atom. The average molecular weight is 268 g/mol. The van der Waals surface area contributed by atoms with Gasteiger partial charge in [-0.05, 0) is 49.6 Å². The van der Waals surface area contributed by atoms with Crippen molar-refractivity contribution in [1.29, 1.82) is 0 Å².